The molecule has 0 aliphatic heterocycles. The smallest absolute Gasteiger partial charge is 0.0781 e. The van der Waals surface area contributed by atoms with Gasteiger partial charge in [0.2, 0.25) is 0 Å². The minimum absolute atomic E-state index is 0.397. The van der Waals surface area contributed by atoms with Crippen molar-refractivity contribution in [3.63, 3.8) is 0 Å². The van der Waals surface area contributed by atoms with Gasteiger partial charge in [-0.2, -0.15) is 0 Å². The van der Waals surface area contributed by atoms with Gasteiger partial charge in [-0.1, -0.05) is 92.7 Å². The van der Waals surface area contributed by atoms with Gasteiger partial charge in [0.25, 0.3) is 0 Å². The summed E-state index contributed by atoms with van der Waals surface area (Å²) >= 11 is 3.93. The average Bonchev–Trinajstić information content (AvgIpc) is 2.76. The van der Waals surface area contributed by atoms with E-state index in [1.807, 2.05) is 35.7 Å². The summed E-state index contributed by atoms with van der Waals surface area (Å²) < 4.78 is 0.397. The third-order valence-corrected chi connectivity index (χ3v) is 6.84. The van der Waals surface area contributed by atoms with Gasteiger partial charge in [0.05, 0.1) is 15.8 Å². The minimum Gasteiger partial charge on any atom is -0.205 e. The summed E-state index contributed by atoms with van der Waals surface area (Å²) in [5, 5.41) is 0. The highest BCUT2D eigenvalue weighted by molar-refractivity contribution is 8.16. The molecule has 0 saturated carbocycles. The SMILES string of the molecule is CCSC(SCC)c1ccccc1N=C=C(c1ccccc1)c1ccccc1. The standard InChI is InChI=1S/C25H25NS2/c1-3-27-25(28-4-2)22-17-11-12-18-24(22)26-19-23(20-13-7-5-8-14-20)21-15-9-6-10-16-21/h5-18,25H,3-4H2,1-2H3. The van der Waals surface area contributed by atoms with E-state index in [9.17, 15) is 0 Å². The van der Waals surface area contributed by atoms with Crippen molar-refractivity contribution in [2.24, 2.45) is 4.99 Å². The van der Waals surface area contributed by atoms with E-state index >= 15 is 0 Å². The molecule has 0 aliphatic rings. The van der Waals surface area contributed by atoms with E-state index in [2.05, 4.69) is 92.5 Å². The second-order valence-electron chi connectivity index (χ2n) is 6.13. The normalized spacial score (nSPS) is 10.5. The van der Waals surface area contributed by atoms with E-state index in [1.54, 1.807) is 0 Å². The summed E-state index contributed by atoms with van der Waals surface area (Å²) in [4.78, 5) is 4.83. The number of benzene rings is 3. The van der Waals surface area contributed by atoms with Gasteiger partial charge >= 0.3 is 0 Å². The molecule has 0 atom stereocenters. The van der Waals surface area contributed by atoms with Crippen molar-refractivity contribution in [2.45, 2.75) is 18.4 Å². The van der Waals surface area contributed by atoms with E-state index in [0.717, 1.165) is 33.9 Å². The predicted molar refractivity (Wildman–Crippen MR) is 128 cm³/mol. The molecular formula is C25H25NS2. The number of hydrogen-bond donors (Lipinski definition) is 0. The number of para-hydroxylation sites is 1. The fourth-order valence-corrected chi connectivity index (χ4v) is 5.51. The zero-order valence-corrected chi connectivity index (χ0v) is 18.0. The summed E-state index contributed by atoms with van der Waals surface area (Å²) in [7, 11) is 0. The summed E-state index contributed by atoms with van der Waals surface area (Å²) in [5.74, 6) is 5.55. The molecule has 0 spiro atoms. The molecule has 0 amide bonds. The molecule has 0 bridgehead atoms. The Morgan fingerprint density at radius 1 is 0.750 bits per heavy atom. The molecule has 3 aromatic carbocycles. The van der Waals surface area contributed by atoms with Crippen LogP contribution < -0.4 is 0 Å². The van der Waals surface area contributed by atoms with Gasteiger partial charge in [-0.15, -0.1) is 23.5 Å². The van der Waals surface area contributed by atoms with Gasteiger partial charge in [0, 0.05) is 5.56 Å². The third kappa shape index (κ3) is 5.42. The van der Waals surface area contributed by atoms with E-state index in [1.165, 1.54) is 5.56 Å². The van der Waals surface area contributed by atoms with Gasteiger partial charge in [-0.25, -0.2) is 4.99 Å². The number of aliphatic imine (C=N–C) groups is 1. The Morgan fingerprint density at radius 2 is 1.25 bits per heavy atom. The minimum atomic E-state index is 0.397. The molecule has 28 heavy (non-hydrogen) atoms. The van der Waals surface area contributed by atoms with E-state index < -0.39 is 0 Å². The lowest BCUT2D eigenvalue weighted by Crippen LogP contribution is -1.92. The lowest BCUT2D eigenvalue weighted by molar-refractivity contribution is 1.32. The lowest BCUT2D eigenvalue weighted by Gasteiger charge is -2.16. The maximum Gasteiger partial charge on any atom is 0.0781 e. The van der Waals surface area contributed by atoms with Crippen molar-refractivity contribution >= 4 is 40.7 Å². The van der Waals surface area contributed by atoms with Crippen LogP contribution >= 0.6 is 23.5 Å². The maximum atomic E-state index is 4.83. The fourth-order valence-electron chi connectivity index (χ4n) is 2.94. The molecule has 0 heterocycles. The number of rotatable bonds is 8. The first-order valence-corrected chi connectivity index (χ1v) is 11.7. The van der Waals surface area contributed by atoms with Crippen LogP contribution in [0, 0.1) is 0 Å². The van der Waals surface area contributed by atoms with Crippen molar-refractivity contribution in [1.82, 2.24) is 0 Å². The Morgan fingerprint density at radius 3 is 1.79 bits per heavy atom. The molecule has 0 aromatic heterocycles. The molecule has 3 aromatic rings. The van der Waals surface area contributed by atoms with E-state index in [0.29, 0.717) is 4.58 Å². The van der Waals surface area contributed by atoms with Crippen molar-refractivity contribution in [3.05, 3.63) is 102 Å². The molecule has 0 N–H and O–H groups in total. The molecule has 3 rings (SSSR count). The molecule has 0 unspecified atom stereocenters. The lowest BCUT2D eigenvalue weighted by atomic mass is 9.99. The zero-order chi connectivity index (χ0) is 19.6. The van der Waals surface area contributed by atoms with Crippen LogP contribution in [0.5, 0.6) is 0 Å². The first kappa shape index (κ1) is 20.5. The molecule has 1 nitrogen and oxygen atoms in total. The van der Waals surface area contributed by atoms with E-state index in [-0.39, 0.29) is 0 Å². The average molecular weight is 404 g/mol. The molecular weight excluding hydrogens is 378 g/mol. The molecule has 142 valence electrons. The van der Waals surface area contributed by atoms with Crippen LogP contribution in [0.15, 0.2) is 89.9 Å². The molecule has 3 heteroatoms. The first-order chi connectivity index (χ1) is 13.8. The topological polar surface area (TPSA) is 12.4 Å². The quantitative estimate of drug-likeness (QED) is 0.283. The maximum absolute atomic E-state index is 4.83. The van der Waals surface area contributed by atoms with Crippen molar-refractivity contribution in [3.8, 4) is 0 Å². The van der Waals surface area contributed by atoms with Crippen molar-refractivity contribution < 1.29 is 0 Å². The van der Waals surface area contributed by atoms with Crippen LogP contribution in [-0.2, 0) is 0 Å². The molecule has 0 radical (unpaired) electrons. The van der Waals surface area contributed by atoms with Crippen LogP contribution in [0.2, 0.25) is 0 Å². The second-order valence-corrected chi connectivity index (χ2v) is 9.19. The van der Waals surface area contributed by atoms with Gasteiger partial charge in [-0.05, 0) is 34.6 Å². The predicted octanol–water partition coefficient (Wildman–Crippen LogP) is 7.62. The first-order valence-electron chi connectivity index (χ1n) is 9.60. The highest BCUT2D eigenvalue weighted by Crippen LogP contribution is 2.43. The molecule has 0 aliphatic carbocycles. The third-order valence-electron chi connectivity index (χ3n) is 4.24. The number of hydrogen-bond acceptors (Lipinski definition) is 3. The van der Waals surface area contributed by atoms with Crippen molar-refractivity contribution in [1.29, 1.82) is 0 Å². The number of thioether (sulfide) groups is 2. The van der Waals surface area contributed by atoms with Crippen LogP contribution in [0.3, 0.4) is 0 Å². The van der Waals surface area contributed by atoms with Crippen molar-refractivity contribution in [2.75, 3.05) is 11.5 Å². The van der Waals surface area contributed by atoms with Crippen LogP contribution in [0.4, 0.5) is 5.69 Å². The Kier molecular flexibility index (Phi) is 8.05. The Labute approximate surface area is 177 Å². The zero-order valence-electron chi connectivity index (χ0n) is 16.3. The summed E-state index contributed by atoms with van der Waals surface area (Å²) in [5.41, 5.74) is 5.53. The Bertz CT molecular complexity index is 882. The van der Waals surface area contributed by atoms with Crippen LogP contribution in [-0.4, -0.2) is 17.4 Å². The largest absolute Gasteiger partial charge is 0.205 e. The Balaban J connectivity index is 2.09. The van der Waals surface area contributed by atoms with Gasteiger partial charge < -0.3 is 0 Å². The second kappa shape index (κ2) is 11.0. The van der Waals surface area contributed by atoms with Gasteiger partial charge in [-0.3, -0.25) is 0 Å². The van der Waals surface area contributed by atoms with Gasteiger partial charge in [0.15, 0.2) is 0 Å². The van der Waals surface area contributed by atoms with Gasteiger partial charge in [0.1, 0.15) is 0 Å². The van der Waals surface area contributed by atoms with E-state index in [4.69, 9.17) is 4.99 Å². The van der Waals surface area contributed by atoms with Crippen LogP contribution in [0.1, 0.15) is 35.1 Å². The monoisotopic (exact) mass is 403 g/mol. The summed E-state index contributed by atoms with van der Waals surface area (Å²) in [6.45, 7) is 4.42. The summed E-state index contributed by atoms with van der Waals surface area (Å²) in [6, 6.07) is 29.2. The number of nitrogens with zero attached hydrogens (tertiary/aromatic N) is 1. The van der Waals surface area contributed by atoms with Crippen LogP contribution in [0.25, 0.3) is 5.57 Å². The molecule has 0 fully saturated rings. The fraction of sp³-hybridized carbons (Fsp3) is 0.200. The summed E-state index contributed by atoms with van der Waals surface area (Å²) in [6.07, 6.45) is 0. The Hall–Kier alpha value is -2.19. The molecule has 0 saturated heterocycles. The highest BCUT2D eigenvalue weighted by atomic mass is 32.2. The highest BCUT2D eigenvalue weighted by Gasteiger charge is 2.14.